The fraction of sp³-hybridized carbons (Fsp3) is 0.415. The monoisotopic (exact) mass is 1540 g/mol. The zero-order valence-electron chi connectivity index (χ0n) is 62.6. The second-order valence-electron chi connectivity index (χ2n) is 30.2. The molecule has 0 saturated carbocycles. The summed E-state index contributed by atoms with van der Waals surface area (Å²) in [5, 5.41) is 3.67. The van der Waals surface area contributed by atoms with Crippen LogP contribution in [0.5, 0.6) is 0 Å². The summed E-state index contributed by atoms with van der Waals surface area (Å²) in [5.41, 5.74) is 13.8. The van der Waals surface area contributed by atoms with E-state index in [2.05, 4.69) is 54.9 Å². The zero-order chi connectivity index (χ0) is 77.6. The highest BCUT2D eigenvalue weighted by molar-refractivity contribution is 7.87. The molecule has 107 heavy (non-hydrogen) atoms. The molecule has 0 radical (unpaired) electrons. The Balaban J connectivity index is 0.799. The number of fused-ring (bicyclic) bond motifs is 6. The Morgan fingerprint density at radius 3 is 1.76 bits per heavy atom. The van der Waals surface area contributed by atoms with Crippen LogP contribution in [-0.4, -0.2) is 142 Å². The molecule has 0 fully saturated rings. The van der Waals surface area contributed by atoms with Crippen LogP contribution in [-0.2, 0) is 99.7 Å². The lowest BCUT2D eigenvalue weighted by Crippen LogP contribution is -2.30. The minimum atomic E-state index is -5.01. The number of methoxy groups -OCH3 is 2. The number of ether oxygens (including phenoxy) is 4. The van der Waals surface area contributed by atoms with E-state index in [0.29, 0.717) is 119 Å². The van der Waals surface area contributed by atoms with Crippen molar-refractivity contribution >= 4 is 85.0 Å². The van der Waals surface area contributed by atoms with E-state index in [1.807, 2.05) is 69.9 Å². The van der Waals surface area contributed by atoms with Crippen LogP contribution in [0.3, 0.4) is 0 Å². The number of allylic oxidation sites excluding steroid dienone is 8. The van der Waals surface area contributed by atoms with Gasteiger partial charge in [-0.1, -0.05) is 94.0 Å². The molecule has 0 atom stereocenters. The van der Waals surface area contributed by atoms with E-state index in [4.69, 9.17) is 18.9 Å². The summed E-state index contributed by atoms with van der Waals surface area (Å²) in [4.78, 5) is 12.9. The molecule has 2 aliphatic heterocycles. The quantitative estimate of drug-likeness (QED) is 0.0113. The van der Waals surface area contributed by atoms with E-state index in [0.717, 1.165) is 65.9 Å². The van der Waals surface area contributed by atoms with Gasteiger partial charge in [0.2, 0.25) is 11.6 Å². The van der Waals surface area contributed by atoms with Gasteiger partial charge in [-0.15, -0.1) is 0 Å². The number of aryl methyl sites for hydroxylation is 3. The van der Waals surface area contributed by atoms with E-state index < -0.39 is 70.9 Å². The number of likely N-dealkylation sites (N-methyl/N-ethyl adjacent to an activating group) is 1. The summed E-state index contributed by atoms with van der Waals surface area (Å²) in [7, 11) is -16.5. The molecule has 4 aliphatic rings. The third kappa shape index (κ3) is 16.5. The van der Waals surface area contributed by atoms with Crippen molar-refractivity contribution in [3.63, 3.8) is 0 Å². The smallest absolute Gasteiger partial charge is 0.295 e. The number of anilines is 1. The number of rotatable bonds is 32. The van der Waals surface area contributed by atoms with Gasteiger partial charge in [0.1, 0.15) is 22.2 Å². The second-order valence-corrected chi connectivity index (χ2v) is 35.8. The minimum absolute atomic E-state index is 0.0487. The zero-order valence-corrected chi connectivity index (χ0v) is 65.8. The van der Waals surface area contributed by atoms with Crippen molar-refractivity contribution in [2.75, 3.05) is 78.4 Å². The first-order valence-corrected chi connectivity index (χ1v) is 41.9. The van der Waals surface area contributed by atoms with Crippen LogP contribution < -0.4 is 10.2 Å². The van der Waals surface area contributed by atoms with E-state index in [9.17, 15) is 56.7 Å². The van der Waals surface area contributed by atoms with Crippen molar-refractivity contribution < 1.29 is 84.6 Å². The summed E-state index contributed by atoms with van der Waals surface area (Å²) in [6.07, 6.45) is 19.2. The molecule has 7 aromatic carbocycles. The van der Waals surface area contributed by atoms with Gasteiger partial charge in [-0.25, -0.2) is 4.39 Å². The summed E-state index contributed by atoms with van der Waals surface area (Å²) in [6, 6.07) is 23.2. The standard InChI is InChI=1S/C82H96FN3O17S4/c1-12-85-68-28-26-60-63(45-58(104(88,89)90)47-70(60)106(94,95)96)77(68)80(6,7)72(85)23-17-14-13-15-18-24-73-81(8,9)78-64-46-59(105(91,92)93)48-71(107(97,98)99)61(64)27-29-69(78)86(73)33-20-16-19-25-74(87)84-32-21-22-54-42-53(3)67(83)49-62(54)55-43-57-51-82(30-34-102-38-36-100-10,31-35-103-39-37-101-11)50-56-40-52(2)41-65-75(56)76(57)66(44-55)79(65,4)5/h13-15,17-18,23-24,26-29,40-49H,12,16,19-22,25,30-39,50-51H2,1-11H3,(H4-,84,87,88,89,90,91,92,93,94,95,96,97,98,99)/p+1. The van der Waals surface area contributed by atoms with E-state index >= 15 is 4.39 Å². The number of hydrogen-bond donors (Lipinski definition) is 5. The van der Waals surface area contributed by atoms with Gasteiger partial charge in [-0.3, -0.25) is 23.0 Å². The molecule has 20 nitrogen and oxygen atoms in total. The van der Waals surface area contributed by atoms with Gasteiger partial charge in [0.05, 0.1) is 41.6 Å². The SMILES string of the molecule is CCN1/C(=C/C=C/C=C/C=C/C2=[N+](CCCCCC(=O)NCCCc3cc(C)c(F)cc3-c3cc4c5c(c3)C(C)(C)c3cc(C)cc(c3-5)CC(CCOCCOC)(CCOCCOC)C4)c3ccc4c(S(=O)(=O)O)cc(S(=O)(=O)O)cc4c3C2(C)C)C(C)(C)c2c1ccc1c(S(=O)(=O)O)cc(S(=O)(=O)O)cc21. The molecule has 2 heterocycles. The fourth-order valence-electron chi connectivity index (χ4n) is 16.7. The molecular formula is C82H97FN3O17S4+. The van der Waals surface area contributed by atoms with Gasteiger partial charge in [0, 0.05) is 104 Å². The lowest BCUT2D eigenvalue weighted by Gasteiger charge is -2.35. The van der Waals surface area contributed by atoms with Crippen LogP contribution in [0.4, 0.5) is 15.8 Å². The van der Waals surface area contributed by atoms with Crippen LogP contribution in [0.1, 0.15) is 143 Å². The van der Waals surface area contributed by atoms with Crippen molar-refractivity contribution in [1.82, 2.24) is 5.32 Å². The minimum Gasteiger partial charge on any atom is -0.382 e. The molecular weight excluding hydrogens is 1450 g/mol. The number of halogens is 1. The molecule has 7 aromatic rings. The van der Waals surface area contributed by atoms with Gasteiger partial charge >= 0.3 is 0 Å². The first-order chi connectivity index (χ1) is 50.4. The van der Waals surface area contributed by atoms with Crippen molar-refractivity contribution in [3.05, 3.63) is 189 Å². The van der Waals surface area contributed by atoms with Crippen molar-refractivity contribution in [3.8, 4) is 22.3 Å². The molecule has 572 valence electrons. The van der Waals surface area contributed by atoms with Crippen molar-refractivity contribution in [2.24, 2.45) is 5.41 Å². The van der Waals surface area contributed by atoms with Crippen molar-refractivity contribution in [2.45, 2.75) is 162 Å². The van der Waals surface area contributed by atoms with Crippen LogP contribution in [0, 0.1) is 25.1 Å². The topological polar surface area (TPSA) is 290 Å². The highest BCUT2D eigenvalue weighted by Crippen LogP contribution is 2.58. The highest BCUT2D eigenvalue weighted by atomic mass is 32.2. The molecule has 0 unspecified atom stereocenters. The van der Waals surface area contributed by atoms with Crippen LogP contribution in [0.25, 0.3) is 43.8 Å². The second kappa shape index (κ2) is 31.4. The number of nitrogens with one attached hydrogen (secondary N) is 1. The molecule has 5 N–H and O–H groups in total. The largest absolute Gasteiger partial charge is 0.382 e. The number of benzene rings is 7. The Bertz CT molecular complexity index is 5330. The Morgan fingerprint density at radius 1 is 0.598 bits per heavy atom. The Labute approximate surface area is 628 Å². The van der Waals surface area contributed by atoms with Gasteiger partial charge in [0.15, 0.2) is 5.71 Å². The molecule has 1 amide bonds. The Hall–Kier alpha value is -7.63. The number of amides is 1. The third-order valence-corrected chi connectivity index (χ3v) is 25.3. The number of unbranched alkanes of at least 4 members (excludes halogenated alkanes) is 2. The van der Waals surface area contributed by atoms with Crippen LogP contribution >= 0.6 is 0 Å². The van der Waals surface area contributed by atoms with Crippen molar-refractivity contribution in [1.29, 1.82) is 0 Å². The van der Waals surface area contributed by atoms with E-state index in [1.165, 1.54) is 63.2 Å². The number of nitrogens with zero attached hydrogens (tertiary/aromatic N) is 2. The molecule has 25 heteroatoms. The van der Waals surface area contributed by atoms with Crippen LogP contribution in [0.15, 0.2) is 153 Å². The van der Waals surface area contributed by atoms with Gasteiger partial charge in [0.25, 0.3) is 40.5 Å². The van der Waals surface area contributed by atoms with Gasteiger partial charge in [-0.05, 0) is 218 Å². The first-order valence-electron chi connectivity index (χ1n) is 36.2. The number of hydrogen-bond acceptors (Lipinski definition) is 14. The lowest BCUT2D eigenvalue weighted by atomic mass is 9.71. The summed E-state index contributed by atoms with van der Waals surface area (Å²) in [5.74, 6) is -0.401. The maximum atomic E-state index is 16.1. The normalized spacial score (nSPS) is 16.9. The lowest BCUT2D eigenvalue weighted by molar-refractivity contribution is -0.438. The maximum absolute atomic E-state index is 16.1. The Morgan fingerprint density at radius 2 is 1.17 bits per heavy atom. The molecule has 0 bridgehead atoms. The number of carbonyl (C=O) groups is 1. The predicted octanol–water partition coefficient (Wildman–Crippen LogP) is 15.0. The fourth-order valence-corrected chi connectivity index (χ4v) is 19.4. The molecule has 11 rings (SSSR count). The molecule has 0 aromatic heterocycles. The Kier molecular flexibility index (Phi) is 23.6. The maximum Gasteiger partial charge on any atom is 0.295 e. The predicted molar refractivity (Wildman–Crippen MR) is 415 cm³/mol. The number of carbonyl (C=O) groups excluding carboxylic acids is 1. The summed E-state index contributed by atoms with van der Waals surface area (Å²) < 4.78 is 183. The molecule has 0 spiro atoms. The molecule has 0 saturated heterocycles. The molecule has 2 aliphatic carbocycles. The van der Waals surface area contributed by atoms with E-state index in [-0.39, 0.29) is 50.5 Å². The first kappa shape index (κ1) is 80.4. The average Bonchev–Trinajstić information content (AvgIpc) is 1.58. The van der Waals surface area contributed by atoms with Gasteiger partial charge in [-0.2, -0.15) is 38.2 Å². The van der Waals surface area contributed by atoms with Crippen LogP contribution in [0.2, 0.25) is 0 Å². The highest BCUT2D eigenvalue weighted by Gasteiger charge is 2.48. The van der Waals surface area contributed by atoms with Gasteiger partial charge < -0.3 is 29.2 Å². The summed E-state index contributed by atoms with van der Waals surface area (Å²) >= 11 is 0. The third-order valence-electron chi connectivity index (χ3n) is 21.9. The van der Waals surface area contributed by atoms with E-state index in [1.54, 1.807) is 57.6 Å². The average molecular weight is 1540 g/mol. The summed E-state index contributed by atoms with van der Waals surface area (Å²) in [6.45, 7) is 22.5.